The van der Waals surface area contributed by atoms with Crippen molar-refractivity contribution in [2.45, 2.75) is 6.92 Å². The van der Waals surface area contributed by atoms with Gasteiger partial charge in [0.05, 0.1) is 10.6 Å². The summed E-state index contributed by atoms with van der Waals surface area (Å²) in [6.07, 6.45) is 0. The molecule has 0 saturated carbocycles. The van der Waals surface area contributed by atoms with E-state index < -0.39 is 10.8 Å². The molecule has 3 aromatic rings. The van der Waals surface area contributed by atoms with Crippen molar-refractivity contribution in [3.8, 4) is 16.9 Å². The summed E-state index contributed by atoms with van der Waals surface area (Å²) >= 11 is 5.81. The number of nitrogens with one attached hydrogen (secondary N) is 1. The second-order valence-electron chi connectivity index (χ2n) is 6.31. The van der Waals surface area contributed by atoms with Crippen LogP contribution in [0.15, 0.2) is 77.9 Å². The SMILES string of the molecule is C/C(=N\NC(=O)COc1ccccc1-c1ccccc1)c1ccc(Cl)c([N+](=O)[O-])c1. The molecule has 0 atom stereocenters. The molecule has 0 saturated heterocycles. The molecule has 0 unspecified atom stereocenters. The number of amides is 1. The van der Waals surface area contributed by atoms with Crippen molar-refractivity contribution in [1.82, 2.24) is 5.43 Å². The van der Waals surface area contributed by atoms with Crippen molar-refractivity contribution in [2.24, 2.45) is 5.10 Å². The first-order valence-corrected chi connectivity index (χ1v) is 9.38. The fraction of sp³-hybridized carbons (Fsp3) is 0.0909. The molecule has 1 amide bonds. The predicted octanol–water partition coefficient (Wildman–Crippen LogP) is 4.83. The number of hydrogen-bond donors (Lipinski definition) is 1. The van der Waals surface area contributed by atoms with Gasteiger partial charge in [-0.25, -0.2) is 5.43 Å². The zero-order valence-corrected chi connectivity index (χ0v) is 16.8. The number of carbonyl (C=O) groups excluding carboxylic acids is 1. The van der Waals surface area contributed by atoms with E-state index in [1.54, 1.807) is 19.1 Å². The minimum Gasteiger partial charge on any atom is -0.483 e. The number of benzene rings is 3. The summed E-state index contributed by atoms with van der Waals surface area (Å²) < 4.78 is 5.67. The van der Waals surface area contributed by atoms with Crippen molar-refractivity contribution < 1.29 is 14.5 Å². The molecule has 152 valence electrons. The van der Waals surface area contributed by atoms with Crippen molar-refractivity contribution in [3.63, 3.8) is 0 Å². The summed E-state index contributed by atoms with van der Waals surface area (Å²) in [6, 6.07) is 21.4. The van der Waals surface area contributed by atoms with Gasteiger partial charge in [0.2, 0.25) is 0 Å². The summed E-state index contributed by atoms with van der Waals surface area (Å²) in [4.78, 5) is 22.6. The summed E-state index contributed by atoms with van der Waals surface area (Å²) in [7, 11) is 0. The van der Waals surface area contributed by atoms with Gasteiger partial charge in [-0.2, -0.15) is 5.10 Å². The summed E-state index contributed by atoms with van der Waals surface area (Å²) in [5, 5.41) is 15.0. The van der Waals surface area contributed by atoms with E-state index in [4.69, 9.17) is 16.3 Å². The van der Waals surface area contributed by atoms with Gasteiger partial charge in [-0.15, -0.1) is 0 Å². The van der Waals surface area contributed by atoms with E-state index in [0.717, 1.165) is 11.1 Å². The van der Waals surface area contributed by atoms with Gasteiger partial charge in [-0.3, -0.25) is 14.9 Å². The van der Waals surface area contributed by atoms with E-state index in [-0.39, 0.29) is 17.3 Å². The van der Waals surface area contributed by atoms with Gasteiger partial charge in [-0.1, -0.05) is 66.2 Å². The lowest BCUT2D eigenvalue weighted by Crippen LogP contribution is -2.25. The standard InChI is InChI=1S/C22H18ClN3O4/c1-15(17-11-12-19(23)20(13-17)26(28)29)24-25-22(27)14-30-21-10-6-5-9-18(21)16-7-3-2-4-8-16/h2-13H,14H2,1H3,(H,25,27)/b24-15+. The van der Waals surface area contributed by atoms with E-state index in [1.165, 1.54) is 12.1 Å². The molecule has 0 aliphatic carbocycles. The van der Waals surface area contributed by atoms with Gasteiger partial charge in [0.25, 0.3) is 11.6 Å². The number of nitro benzene ring substituents is 1. The topological polar surface area (TPSA) is 93.8 Å². The van der Waals surface area contributed by atoms with E-state index in [2.05, 4.69) is 10.5 Å². The molecule has 0 aliphatic rings. The van der Waals surface area contributed by atoms with Crippen LogP contribution in [0.4, 0.5) is 5.69 Å². The zero-order chi connectivity index (χ0) is 21.5. The molecule has 0 fully saturated rings. The van der Waals surface area contributed by atoms with Gasteiger partial charge >= 0.3 is 0 Å². The van der Waals surface area contributed by atoms with Crippen LogP contribution in [0.5, 0.6) is 5.75 Å². The zero-order valence-electron chi connectivity index (χ0n) is 16.0. The summed E-state index contributed by atoms with van der Waals surface area (Å²) in [5.74, 6) is 0.119. The van der Waals surface area contributed by atoms with Crippen LogP contribution >= 0.6 is 11.6 Å². The van der Waals surface area contributed by atoms with Crippen LogP contribution in [-0.2, 0) is 4.79 Å². The van der Waals surface area contributed by atoms with Crippen molar-refractivity contribution in [3.05, 3.63) is 93.5 Å². The Morgan fingerprint density at radius 3 is 2.53 bits per heavy atom. The smallest absolute Gasteiger partial charge is 0.288 e. The molecule has 0 bridgehead atoms. The number of nitrogens with zero attached hydrogens (tertiary/aromatic N) is 2. The average Bonchev–Trinajstić information content (AvgIpc) is 2.77. The lowest BCUT2D eigenvalue weighted by Gasteiger charge is -2.11. The van der Waals surface area contributed by atoms with Gasteiger partial charge in [0, 0.05) is 17.2 Å². The minimum absolute atomic E-state index is 0.0334. The molecule has 0 aliphatic heterocycles. The highest BCUT2D eigenvalue weighted by Crippen LogP contribution is 2.29. The molecular weight excluding hydrogens is 406 g/mol. The minimum atomic E-state index is -0.574. The maximum absolute atomic E-state index is 12.2. The van der Waals surface area contributed by atoms with E-state index >= 15 is 0 Å². The van der Waals surface area contributed by atoms with E-state index in [1.807, 2.05) is 48.5 Å². The Morgan fingerprint density at radius 2 is 1.80 bits per heavy atom. The molecule has 0 aromatic heterocycles. The molecule has 3 rings (SSSR count). The maximum Gasteiger partial charge on any atom is 0.288 e. The fourth-order valence-electron chi connectivity index (χ4n) is 2.71. The molecular formula is C22H18ClN3O4. The second-order valence-corrected chi connectivity index (χ2v) is 6.71. The summed E-state index contributed by atoms with van der Waals surface area (Å²) in [6.45, 7) is 1.39. The maximum atomic E-state index is 12.2. The Labute approximate surface area is 178 Å². The second kappa shape index (κ2) is 9.67. The molecule has 30 heavy (non-hydrogen) atoms. The number of carbonyl (C=O) groups is 1. The molecule has 0 heterocycles. The third-order valence-electron chi connectivity index (χ3n) is 4.24. The lowest BCUT2D eigenvalue weighted by molar-refractivity contribution is -0.384. The first-order chi connectivity index (χ1) is 14.5. The fourth-order valence-corrected chi connectivity index (χ4v) is 2.90. The number of ether oxygens (including phenoxy) is 1. The molecule has 0 spiro atoms. The Kier molecular flexibility index (Phi) is 6.77. The highest BCUT2D eigenvalue weighted by molar-refractivity contribution is 6.32. The van der Waals surface area contributed by atoms with Gasteiger partial charge in [0.15, 0.2) is 6.61 Å². The third-order valence-corrected chi connectivity index (χ3v) is 4.56. The predicted molar refractivity (Wildman–Crippen MR) is 116 cm³/mol. The Hall–Kier alpha value is -3.71. The van der Waals surface area contributed by atoms with Crippen LogP contribution in [-0.4, -0.2) is 23.1 Å². The van der Waals surface area contributed by atoms with Gasteiger partial charge in [0.1, 0.15) is 10.8 Å². The van der Waals surface area contributed by atoms with Crippen LogP contribution in [0.3, 0.4) is 0 Å². The van der Waals surface area contributed by atoms with Crippen LogP contribution in [0.2, 0.25) is 5.02 Å². The van der Waals surface area contributed by atoms with Crippen LogP contribution < -0.4 is 10.2 Å². The van der Waals surface area contributed by atoms with Crippen LogP contribution in [0, 0.1) is 10.1 Å². The number of rotatable bonds is 7. The van der Waals surface area contributed by atoms with E-state index in [9.17, 15) is 14.9 Å². The normalized spacial score (nSPS) is 11.1. The molecule has 3 aromatic carbocycles. The summed E-state index contributed by atoms with van der Waals surface area (Å²) in [5.41, 5.74) is 4.89. The van der Waals surface area contributed by atoms with Crippen LogP contribution in [0.1, 0.15) is 12.5 Å². The molecule has 1 N–H and O–H groups in total. The molecule has 0 radical (unpaired) electrons. The molecule has 8 heteroatoms. The Balaban J connectivity index is 1.65. The van der Waals surface area contributed by atoms with Gasteiger partial charge < -0.3 is 4.74 Å². The Bertz CT molecular complexity index is 1100. The highest BCUT2D eigenvalue weighted by atomic mass is 35.5. The largest absolute Gasteiger partial charge is 0.483 e. The van der Waals surface area contributed by atoms with Gasteiger partial charge in [-0.05, 0) is 24.6 Å². The number of halogens is 1. The van der Waals surface area contributed by atoms with E-state index in [0.29, 0.717) is 17.0 Å². The van der Waals surface area contributed by atoms with Crippen LogP contribution in [0.25, 0.3) is 11.1 Å². The Morgan fingerprint density at radius 1 is 1.10 bits per heavy atom. The monoisotopic (exact) mass is 423 g/mol. The number of hydrogen-bond acceptors (Lipinski definition) is 5. The molecule has 7 nitrogen and oxygen atoms in total. The first kappa shape index (κ1) is 21.0. The quantitative estimate of drug-likeness (QED) is 0.334. The highest BCUT2D eigenvalue weighted by Gasteiger charge is 2.14. The van der Waals surface area contributed by atoms with Crippen molar-refractivity contribution >= 4 is 28.9 Å². The third kappa shape index (κ3) is 5.21. The lowest BCUT2D eigenvalue weighted by atomic mass is 10.1. The number of nitro groups is 1. The van der Waals surface area contributed by atoms with Crippen molar-refractivity contribution in [1.29, 1.82) is 0 Å². The van der Waals surface area contributed by atoms with Crippen molar-refractivity contribution in [2.75, 3.05) is 6.61 Å². The number of hydrazone groups is 1. The average molecular weight is 424 g/mol. The first-order valence-electron chi connectivity index (χ1n) is 9.00. The number of para-hydroxylation sites is 1.